The lowest BCUT2D eigenvalue weighted by Gasteiger charge is -1.96. The van der Waals surface area contributed by atoms with Crippen LogP contribution in [0, 0.1) is 11.3 Å². The summed E-state index contributed by atoms with van der Waals surface area (Å²) in [4.78, 5) is 10.1. The van der Waals surface area contributed by atoms with Crippen molar-refractivity contribution >= 4 is 5.97 Å². The maximum atomic E-state index is 10.1. The van der Waals surface area contributed by atoms with Gasteiger partial charge < -0.3 is 5.11 Å². The Morgan fingerprint density at radius 1 is 1.21 bits per heavy atom. The molecule has 0 aliphatic carbocycles. The molecular formula is C11H17NO2. The number of carboxylic acids is 1. The van der Waals surface area contributed by atoms with Crippen molar-refractivity contribution < 1.29 is 9.90 Å². The average Bonchev–Trinajstić information content (AvgIpc) is 2.15. The van der Waals surface area contributed by atoms with E-state index < -0.39 is 5.97 Å². The number of carbonyl (C=O) groups is 1. The molecule has 0 radical (unpaired) electrons. The van der Waals surface area contributed by atoms with Gasteiger partial charge in [-0.2, -0.15) is 5.26 Å². The summed E-state index contributed by atoms with van der Waals surface area (Å²) in [6, 6.07) is 2.11. The Hall–Kier alpha value is -1.30. The minimum atomic E-state index is -0.876. The van der Waals surface area contributed by atoms with Crippen LogP contribution >= 0.6 is 0 Å². The maximum Gasteiger partial charge on any atom is 0.327 e. The van der Waals surface area contributed by atoms with E-state index in [1.54, 1.807) is 6.08 Å². The zero-order valence-corrected chi connectivity index (χ0v) is 8.41. The normalized spacial score (nSPS) is 10.2. The van der Waals surface area contributed by atoms with Crippen LogP contribution in [-0.4, -0.2) is 11.1 Å². The van der Waals surface area contributed by atoms with E-state index in [0.29, 0.717) is 6.42 Å². The number of hydrogen-bond donors (Lipinski definition) is 1. The van der Waals surface area contributed by atoms with Gasteiger partial charge in [0.2, 0.25) is 0 Å². The molecule has 0 heterocycles. The van der Waals surface area contributed by atoms with Crippen molar-refractivity contribution in [3.8, 4) is 6.07 Å². The Morgan fingerprint density at radius 2 is 1.86 bits per heavy atom. The summed E-state index contributed by atoms with van der Waals surface area (Å²) in [6.45, 7) is 0. The highest BCUT2D eigenvalue weighted by molar-refractivity contribution is 5.79. The zero-order chi connectivity index (χ0) is 10.6. The fraction of sp³-hybridized carbons (Fsp3) is 0.636. The predicted molar refractivity (Wildman–Crippen MR) is 54.7 cm³/mol. The Balaban J connectivity index is 3.07. The Kier molecular flexibility index (Phi) is 8.88. The second-order valence-electron chi connectivity index (χ2n) is 3.21. The number of nitriles is 1. The van der Waals surface area contributed by atoms with Crippen LogP contribution in [0.25, 0.3) is 0 Å². The molecule has 3 nitrogen and oxygen atoms in total. The third-order valence-corrected chi connectivity index (χ3v) is 1.92. The summed E-state index contributed by atoms with van der Waals surface area (Å²) in [5, 5.41) is 16.6. The number of hydrogen-bond acceptors (Lipinski definition) is 2. The highest BCUT2D eigenvalue weighted by Crippen LogP contribution is 2.06. The van der Waals surface area contributed by atoms with Crippen molar-refractivity contribution in [2.24, 2.45) is 0 Å². The standard InChI is InChI=1S/C11H17NO2/c12-10-8-6-4-2-1-3-5-7-9-11(13)14/h7,9H,1-6,8H2,(H,13,14)/b9-7+. The first-order chi connectivity index (χ1) is 6.77. The van der Waals surface area contributed by atoms with Crippen molar-refractivity contribution in [3.63, 3.8) is 0 Å². The van der Waals surface area contributed by atoms with E-state index in [-0.39, 0.29) is 0 Å². The number of nitrogens with zero attached hydrogens (tertiary/aromatic N) is 1. The minimum Gasteiger partial charge on any atom is -0.478 e. The summed E-state index contributed by atoms with van der Waals surface area (Å²) in [5.74, 6) is -0.876. The van der Waals surface area contributed by atoms with Gasteiger partial charge in [0.1, 0.15) is 0 Å². The van der Waals surface area contributed by atoms with E-state index in [9.17, 15) is 4.79 Å². The molecule has 0 aromatic heterocycles. The van der Waals surface area contributed by atoms with Crippen molar-refractivity contribution in [3.05, 3.63) is 12.2 Å². The third-order valence-electron chi connectivity index (χ3n) is 1.92. The van der Waals surface area contributed by atoms with Crippen LogP contribution in [0.4, 0.5) is 0 Å². The van der Waals surface area contributed by atoms with E-state index in [0.717, 1.165) is 38.5 Å². The summed E-state index contributed by atoms with van der Waals surface area (Å²) in [5.41, 5.74) is 0. The first kappa shape index (κ1) is 12.7. The molecular weight excluding hydrogens is 178 g/mol. The van der Waals surface area contributed by atoms with Gasteiger partial charge in [0, 0.05) is 12.5 Å². The molecule has 0 amide bonds. The van der Waals surface area contributed by atoms with Gasteiger partial charge in [0.05, 0.1) is 6.07 Å². The summed E-state index contributed by atoms with van der Waals surface area (Å²) < 4.78 is 0. The highest BCUT2D eigenvalue weighted by Gasteiger charge is 1.90. The number of aliphatic carboxylic acids is 1. The first-order valence-corrected chi connectivity index (χ1v) is 5.04. The van der Waals surface area contributed by atoms with Crippen LogP contribution in [0.5, 0.6) is 0 Å². The lowest BCUT2D eigenvalue weighted by Crippen LogP contribution is -1.85. The monoisotopic (exact) mass is 195 g/mol. The van der Waals surface area contributed by atoms with Gasteiger partial charge in [-0.3, -0.25) is 0 Å². The molecule has 0 spiro atoms. The molecule has 78 valence electrons. The van der Waals surface area contributed by atoms with E-state index in [1.807, 2.05) is 0 Å². The number of carboxylic acid groups (broad SMARTS) is 1. The molecule has 0 bridgehead atoms. The van der Waals surface area contributed by atoms with Gasteiger partial charge in [0.15, 0.2) is 0 Å². The lowest BCUT2D eigenvalue weighted by atomic mass is 10.1. The maximum absolute atomic E-state index is 10.1. The van der Waals surface area contributed by atoms with Crippen molar-refractivity contribution in [2.75, 3.05) is 0 Å². The molecule has 0 aliphatic rings. The summed E-state index contributed by atoms with van der Waals surface area (Å²) >= 11 is 0. The zero-order valence-electron chi connectivity index (χ0n) is 8.41. The second-order valence-corrected chi connectivity index (χ2v) is 3.21. The molecule has 14 heavy (non-hydrogen) atoms. The molecule has 0 rings (SSSR count). The molecule has 0 saturated carbocycles. The number of unbranched alkanes of at least 4 members (excludes halogenated alkanes) is 6. The minimum absolute atomic E-state index is 0.652. The van der Waals surface area contributed by atoms with Gasteiger partial charge in [-0.25, -0.2) is 4.79 Å². The van der Waals surface area contributed by atoms with E-state index in [1.165, 1.54) is 6.08 Å². The second kappa shape index (κ2) is 9.79. The quantitative estimate of drug-likeness (QED) is 0.478. The SMILES string of the molecule is N#CCCCCCCC/C=C/C(=O)O. The van der Waals surface area contributed by atoms with E-state index >= 15 is 0 Å². The van der Waals surface area contributed by atoms with Crippen molar-refractivity contribution in [1.82, 2.24) is 0 Å². The fourth-order valence-corrected chi connectivity index (χ4v) is 1.18. The van der Waals surface area contributed by atoms with Crippen molar-refractivity contribution in [2.45, 2.75) is 44.9 Å². The summed E-state index contributed by atoms with van der Waals surface area (Å²) in [7, 11) is 0. The fourth-order valence-electron chi connectivity index (χ4n) is 1.18. The topological polar surface area (TPSA) is 61.1 Å². The van der Waals surface area contributed by atoms with Crippen molar-refractivity contribution in [1.29, 1.82) is 5.26 Å². The van der Waals surface area contributed by atoms with E-state index in [2.05, 4.69) is 6.07 Å². The van der Waals surface area contributed by atoms with Crippen LogP contribution in [0.15, 0.2) is 12.2 Å². The molecule has 0 atom stereocenters. The third kappa shape index (κ3) is 10.7. The van der Waals surface area contributed by atoms with Crippen LogP contribution in [0.1, 0.15) is 44.9 Å². The van der Waals surface area contributed by atoms with Gasteiger partial charge in [-0.1, -0.05) is 25.3 Å². The van der Waals surface area contributed by atoms with Crippen LogP contribution < -0.4 is 0 Å². The van der Waals surface area contributed by atoms with Crippen LogP contribution in [0.3, 0.4) is 0 Å². The average molecular weight is 195 g/mol. The molecule has 1 N–H and O–H groups in total. The van der Waals surface area contributed by atoms with Gasteiger partial charge in [0.25, 0.3) is 0 Å². The molecule has 0 aromatic rings. The Bertz CT molecular complexity index is 216. The lowest BCUT2D eigenvalue weighted by molar-refractivity contribution is -0.131. The predicted octanol–water partition coefficient (Wildman–Crippen LogP) is 2.88. The van der Waals surface area contributed by atoms with Gasteiger partial charge in [-0.15, -0.1) is 0 Å². The molecule has 0 fully saturated rings. The Morgan fingerprint density at radius 3 is 2.50 bits per heavy atom. The van der Waals surface area contributed by atoms with Gasteiger partial charge >= 0.3 is 5.97 Å². The van der Waals surface area contributed by atoms with Gasteiger partial charge in [-0.05, 0) is 19.3 Å². The summed E-state index contributed by atoms with van der Waals surface area (Å²) in [6.07, 6.45) is 9.77. The highest BCUT2D eigenvalue weighted by atomic mass is 16.4. The smallest absolute Gasteiger partial charge is 0.327 e. The first-order valence-electron chi connectivity index (χ1n) is 5.04. The number of allylic oxidation sites excluding steroid dienone is 1. The van der Waals surface area contributed by atoms with Crippen LogP contribution in [-0.2, 0) is 4.79 Å². The molecule has 3 heteroatoms. The molecule has 0 unspecified atom stereocenters. The molecule has 0 saturated heterocycles. The van der Waals surface area contributed by atoms with Crippen LogP contribution in [0.2, 0.25) is 0 Å². The largest absolute Gasteiger partial charge is 0.478 e. The van der Waals surface area contributed by atoms with E-state index in [4.69, 9.17) is 10.4 Å². The molecule has 0 aliphatic heterocycles. The Labute approximate surface area is 85.0 Å². The number of rotatable bonds is 8. The molecule has 0 aromatic carbocycles.